The van der Waals surface area contributed by atoms with Crippen molar-refractivity contribution in [3.8, 4) is 0 Å². The van der Waals surface area contributed by atoms with Crippen LogP contribution in [-0.4, -0.2) is 30.4 Å². The molecule has 5 nitrogen and oxygen atoms in total. The fraction of sp³-hybridized carbons (Fsp3) is 0.467. The Balaban J connectivity index is 2.05. The van der Waals surface area contributed by atoms with Crippen molar-refractivity contribution in [2.75, 3.05) is 12.4 Å². The van der Waals surface area contributed by atoms with Gasteiger partial charge in [-0.15, -0.1) is 0 Å². The van der Waals surface area contributed by atoms with Gasteiger partial charge >= 0.3 is 0 Å². The lowest BCUT2D eigenvalue weighted by Crippen LogP contribution is -2.47. The quantitative estimate of drug-likeness (QED) is 0.763. The number of anilines is 1. The van der Waals surface area contributed by atoms with Gasteiger partial charge in [0.25, 0.3) is 5.91 Å². The van der Waals surface area contributed by atoms with Gasteiger partial charge in [0.1, 0.15) is 0 Å². The van der Waals surface area contributed by atoms with Crippen LogP contribution in [0, 0.1) is 0 Å². The molecule has 2 amide bonds. The second-order valence-corrected chi connectivity index (χ2v) is 5.66. The minimum Gasteiger partial charge on any atom is -0.349 e. The highest BCUT2D eigenvalue weighted by Gasteiger charge is 2.26. The van der Waals surface area contributed by atoms with Gasteiger partial charge in [0.15, 0.2) is 0 Å². The Bertz CT molecular complexity index is 522. The molecule has 0 spiro atoms. The standard InChI is InChI=1S/C15H21N3O2/c1-15(2,16-3)14(20)18-12-6-4-5-10(9-12)13(19)17-11-7-8-11/h4-6,9,11,16H,7-8H2,1-3H3,(H,17,19)(H,18,20). The molecule has 1 fully saturated rings. The van der Waals surface area contributed by atoms with Gasteiger partial charge in [-0.05, 0) is 51.9 Å². The molecule has 1 aliphatic rings. The number of nitrogens with one attached hydrogen (secondary N) is 3. The molecule has 1 aromatic rings. The van der Waals surface area contributed by atoms with Crippen LogP contribution < -0.4 is 16.0 Å². The normalized spacial score (nSPS) is 14.8. The fourth-order valence-electron chi connectivity index (χ4n) is 1.64. The molecular weight excluding hydrogens is 254 g/mol. The summed E-state index contributed by atoms with van der Waals surface area (Å²) in [7, 11) is 1.74. The molecule has 0 unspecified atom stereocenters. The van der Waals surface area contributed by atoms with E-state index in [1.165, 1.54) is 0 Å². The molecule has 1 saturated carbocycles. The smallest absolute Gasteiger partial charge is 0.251 e. The highest BCUT2D eigenvalue weighted by atomic mass is 16.2. The highest BCUT2D eigenvalue weighted by Crippen LogP contribution is 2.20. The van der Waals surface area contributed by atoms with Crippen LogP contribution in [-0.2, 0) is 4.79 Å². The van der Waals surface area contributed by atoms with Gasteiger partial charge in [-0.1, -0.05) is 6.07 Å². The Hall–Kier alpha value is -1.88. The van der Waals surface area contributed by atoms with Crippen LogP contribution in [0.5, 0.6) is 0 Å². The Morgan fingerprint density at radius 2 is 1.95 bits per heavy atom. The molecule has 0 radical (unpaired) electrons. The predicted octanol–water partition coefficient (Wildman–Crippen LogP) is 1.52. The van der Waals surface area contributed by atoms with E-state index in [2.05, 4.69) is 16.0 Å². The van der Waals surface area contributed by atoms with Gasteiger partial charge in [0.05, 0.1) is 5.54 Å². The van der Waals surface area contributed by atoms with Crippen LogP contribution in [0.15, 0.2) is 24.3 Å². The van der Waals surface area contributed by atoms with Gasteiger partial charge in [-0.2, -0.15) is 0 Å². The fourth-order valence-corrected chi connectivity index (χ4v) is 1.64. The van der Waals surface area contributed by atoms with Crippen LogP contribution >= 0.6 is 0 Å². The molecule has 0 heterocycles. The summed E-state index contributed by atoms with van der Waals surface area (Å²) in [5.41, 5.74) is 0.533. The summed E-state index contributed by atoms with van der Waals surface area (Å²) in [6, 6.07) is 7.31. The van der Waals surface area contributed by atoms with E-state index in [9.17, 15) is 9.59 Å². The Labute approximate surface area is 119 Å². The van der Waals surface area contributed by atoms with E-state index in [0.29, 0.717) is 17.3 Å². The van der Waals surface area contributed by atoms with E-state index in [0.717, 1.165) is 12.8 Å². The van der Waals surface area contributed by atoms with Gasteiger partial charge in [0, 0.05) is 17.3 Å². The van der Waals surface area contributed by atoms with Gasteiger partial charge < -0.3 is 16.0 Å². The molecule has 2 rings (SSSR count). The highest BCUT2D eigenvalue weighted by molar-refractivity contribution is 6.00. The molecule has 1 aliphatic carbocycles. The number of benzene rings is 1. The SMILES string of the molecule is CNC(C)(C)C(=O)Nc1cccc(C(=O)NC2CC2)c1. The first-order valence-electron chi connectivity index (χ1n) is 6.83. The van der Waals surface area contributed by atoms with Crippen LogP contribution in [0.25, 0.3) is 0 Å². The van der Waals surface area contributed by atoms with E-state index in [1.54, 1.807) is 45.2 Å². The average molecular weight is 275 g/mol. The topological polar surface area (TPSA) is 70.2 Å². The van der Waals surface area contributed by atoms with Crippen LogP contribution in [0.3, 0.4) is 0 Å². The van der Waals surface area contributed by atoms with Crippen molar-refractivity contribution in [1.82, 2.24) is 10.6 Å². The number of amides is 2. The number of rotatable bonds is 5. The molecular formula is C15H21N3O2. The molecule has 0 atom stereocenters. The van der Waals surface area contributed by atoms with Crippen LogP contribution in [0.1, 0.15) is 37.0 Å². The largest absolute Gasteiger partial charge is 0.349 e. The lowest BCUT2D eigenvalue weighted by molar-refractivity contribution is -0.121. The first-order valence-corrected chi connectivity index (χ1v) is 6.83. The van der Waals surface area contributed by atoms with E-state index in [4.69, 9.17) is 0 Å². The maximum atomic E-state index is 12.1. The maximum absolute atomic E-state index is 12.1. The monoisotopic (exact) mass is 275 g/mol. The van der Waals surface area contributed by atoms with Crippen LogP contribution in [0.2, 0.25) is 0 Å². The summed E-state index contributed by atoms with van der Waals surface area (Å²) in [4.78, 5) is 24.0. The third-order valence-electron chi connectivity index (χ3n) is 3.49. The van der Waals surface area contributed by atoms with E-state index in [-0.39, 0.29) is 11.8 Å². The zero-order valence-corrected chi connectivity index (χ0v) is 12.1. The van der Waals surface area contributed by atoms with Crippen molar-refractivity contribution in [3.05, 3.63) is 29.8 Å². The molecule has 20 heavy (non-hydrogen) atoms. The lowest BCUT2D eigenvalue weighted by atomic mass is 10.0. The number of likely N-dealkylation sites (N-methyl/N-ethyl adjacent to an activating group) is 1. The third-order valence-corrected chi connectivity index (χ3v) is 3.49. The Morgan fingerprint density at radius 1 is 1.25 bits per heavy atom. The first-order chi connectivity index (χ1) is 9.42. The number of hydrogen-bond acceptors (Lipinski definition) is 3. The number of carbonyl (C=O) groups is 2. The van der Waals surface area contributed by atoms with Crippen LogP contribution in [0.4, 0.5) is 5.69 Å². The van der Waals surface area contributed by atoms with Crippen molar-refractivity contribution in [1.29, 1.82) is 0 Å². The predicted molar refractivity (Wildman–Crippen MR) is 78.7 cm³/mol. The second-order valence-electron chi connectivity index (χ2n) is 5.66. The molecule has 0 bridgehead atoms. The van der Waals surface area contributed by atoms with Crippen molar-refractivity contribution >= 4 is 17.5 Å². The molecule has 3 N–H and O–H groups in total. The molecule has 5 heteroatoms. The molecule has 0 saturated heterocycles. The number of hydrogen-bond donors (Lipinski definition) is 3. The van der Waals surface area contributed by atoms with Crippen molar-refractivity contribution in [3.63, 3.8) is 0 Å². The minimum absolute atomic E-state index is 0.0866. The van der Waals surface area contributed by atoms with Gasteiger partial charge in [-0.25, -0.2) is 0 Å². The molecule has 1 aromatic carbocycles. The van der Waals surface area contributed by atoms with E-state index < -0.39 is 5.54 Å². The first kappa shape index (κ1) is 14.5. The second kappa shape index (κ2) is 5.63. The molecule has 108 valence electrons. The summed E-state index contributed by atoms with van der Waals surface area (Å²) in [5.74, 6) is -0.226. The zero-order chi connectivity index (χ0) is 14.8. The minimum atomic E-state index is -0.660. The van der Waals surface area contributed by atoms with Crippen molar-refractivity contribution in [2.45, 2.75) is 38.3 Å². The van der Waals surface area contributed by atoms with Crippen molar-refractivity contribution < 1.29 is 9.59 Å². The van der Waals surface area contributed by atoms with Gasteiger partial charge in [-0.3, -0.25) is 9.59 Å². The molecule has 0 aliphatic heterocycles. The summed E-state index contributed by atoms with van der Waals surface area (Å²) in [6.07, 6.45) is 2.11. The summed E-state index contributed by atoms with van der Waals surface area (Å²) in [6.45, 7) is 3.60. The van der Waals surface area contributed by atoms with Gasteiger partial charge in [0.2, 0.25) is 5.91 Å². The molecule has 0 aromatic heterocycles. The Morgan fingerprint density at radius 3 is 2.55 bits per heavy atom. The summed E-state index contributed by atoms with van der Waals surface area (Å²) >= 11 is 0. The maximum Gasteiger partial charge on any atom is 0.251 e. The summed E-state index contributed by atoms with van der Waals surface area (Å²) < 4.78 is 0. The lowest BCUT2D eigenvalue weighted by Gasteiger charge is -2.22. The van der Waals surface area contributed by atoms with Crippen molar-refractivity contribution in [2.24, 2.45) is 0 Å². The average Bonchev–Trinajstić information content (AvgIpc) is 3.23. The zero-order valence-electron chi connectivity index (χ0n) is 12.1. The third kappa shape index (κ3) is 3.57. The number of carbonyl (C=O) groups excluding carboxylic acids is 2. The Kier molecular flexibility index (Phi) is 4.09. The van der Waals surface area contributed by atoms with E-state index >= 15 is 0 Å². The summed E-state index contributed by atoms with van der Waals surface area (Å²) in [5, 5.41) is 8.69. The van der Waals surface area contributed by atoms with E-state index in [1.807, 2.05) is 0 Å².